The lowest BCUT2D eigenvalue weighted by molar-refractivity contribution is -0.904. The summed E-state index contributed by atoms with van der Waals surface area (Å²) in [6.45, 7) is 4.96. The van der Waals surface area contributed by atoms with Crippen molar-refractivity contribution in [2.24, 2.45) is 0 Å². The van der Waals surface area contributed by atoms with Crippen LogP contribution in [0, 0.1) is 6.92 Å². The number of aromatic nitrogens is 2. The maximum atomic E-state index is 13.0. The van der Waals surface area contributed by atoms with Crippen molar-refractivity contribution in [2.45, 2.75) is 32.2 Å². The van der Waals surface area contributed by atoms with Gasteiger partial charge in [0.15, 0.2) is 0 Å². The number of nitrogens with zero attached hydrogens (tertiary/aromatic N) is 4. The Hall–Kier alpha value is -2.97. The molecule has 0 spiro atoms. The number of ether oxygens (including phenoxy) is 1. The number of benzene rings is 1. The SMILES string of the molecule is COc1cc(C)cc2c1C(N1CCN(C(=O)Cc3cc[n+](O)cc3)CC1)c1ncc(Br)cc1CC2. The van der Waals surface area contributed by atoms with Crippen LogP contribution in [-0.4, -0.2) is 59.2 Å². The molecule has 8 heteroatoms. The van der Waals surface area contributed by atoms with Crippen molar-refractivity contribution in [2.75, 3.05) is 33.3 Å². The second-order valence-corrected chi connectivity index (χ2v) is 10.2. The first-order chi connectivity index (χ1) is 16.9. The van der Waals surface area contributed by atoms with Crippen LogP contribution in [0.2, 0.25) is 0 Å². The van der Waals surface area contributed by atoms with Gasteiger partial charge in [0.2, 0.25) is 18.3 Å². The standard InChI is InChI=1S/C27H30BrN4O3/c1-18-13-20-3-4-21-16-22(28)17-29-26(21)27(25(20)23(14-18)35-2)31-11-9-30(10-12-31)24(33)15-19-5-7-32(34)8-6-19/h5-8,13-14,16-17,27,34H,3-4,9-12,15H2,1-2H3/q+1. The average Bonchev–Trinajstić information content (AvgIpc) is 3.01. The second kappa shape index (κ2) is 9.95. The minimum absolute atomic E-state index is 0.0162. The number of hydrogen-bond donors (Lipinski definition) is 1. The summed E-state index contributed by atoms with van der Waals surface area (Å²) in [5.74, 6) is 1.02. The van der Waals surface area contributed by atoms with Crippen LogP contribution >= 0.6 is 15.9 Å². The minimum atomic E-state index is -0.0162. The summed E-state index contributed by atoms with van der Waals surface area (Å²) >= 11 is 3.60. The maximum absolute atomic E-state index is 13.0. The van der Waals surface area contributed by atoms with E-state index in [0.717, 1.165) is 52.1 Å². The molecule has 1 aromatic carbocycles. The lowest BCUT2D eigenvalue weighted by Gasteiger charge is -2.40. The normalized spacial score (nSPS) is 17.9. The number of pyridine rings is 2. The van der Waals surface area contributed by atoms with Crippen molar-refractivity contribution in [3.05, 3.63) is 86.9 Å². The van der Waals surface area contributed by atoms with E-state index in [4.69, 9.17) is 9.72 Å². The fourth-order valence-electron chi connectivity index (χ4n) is 5.31. The summed E-state index contributed by atoms with van der Waals surface area (Å²) in [6.07, 6.45) is 7.18. The molecule has 0 saturated carbocycles. The number of halogens is 1. The molecule has 1 amide bonds. The van der Waals surface area contributed by atoms with E-state index in [1.807, 2.05) is 11.1 Å². The summed E-state index contributed by atoms with van der Waals surface area (Å²) in [4.78, 5) is 22.3. The predicted octanol–water partition coefficient (Wildman–Crippen LogP) is 3.26. The molecule has 2 aliphatic rings. The molecule has 0 radical (unpaired) electrons. The van der Waals surface area contributed by atoms with Crippen molar-refractivity contribution in [3.63, 3.8) is 0 Å². The van der Waals surface area contributed by atoms with E-state index < -0.39 is 0 Å². The number of fused-ring (bicyclic) bond motifs is 2. The zero-order valence-corrected chi connectivity index (χ0v) is 21.7. The van der Waals surface area contributed by atoms with Gasteiger partial charge in [-0.1, -0.05) is 6.07 Å². The molecular formula is C27H30BrN4O3+. The Morgan fingerprint density at radius 1 is 1.14 bits per heavy atom. The molecule has 1 unspecified atom stereocenters. The number of piperazine rings is 1. The first kappa shape index (κ1) is 23.8. The van der Waals surface area contributed by atoms with Crippen molar-refractivity contribution >= 4 is 21.8 Å². The van der Waals surface area contributed by atoms with E-state index in [9.17, 15) is 10.0 Å². The Kier molecular flexibility index (Phi) is 6.75. The third kappa shape index (κ3) is 4.90. The molecule has 35 heavy (non-hydrogen) atoms. The Morgan fingerprint density at radius 2 is 1.86 bits per heavy atom. The predicted molar refractivity (Wildman–Crippen MR) is 135 cm³/mol. The fourth-order valence-corrected chi connectivity index (χ4v) is 5.68. The van der Waals surface area contributed by atoms with Gasteiger partial charge in [-0.25, -0.2) is 0 Å². The molecule has 1 atom stereocenters. The van der Waals surface area contributed by atoms with Gasteiger partial charge in [0.25, 0.3) is 0 Å². The zero-order chi connectivity index (χ0) is 24.5. The third-order valence-corrected chi connectivity index (χ3v) is 7.46. The number of hydrogen-bond acceptors (Lipinski definition) is 5. The summed E-state index contributed by atoms with van der Waals surface area (Å²) in [6, 6.07) is 10.1. The Bertz CT molecular complexity index is 1240. The number of rotatable bonds is 4. The van der Waals surface area contributed by atoms with Crippen molar-refractivity contribution < 1.29 is 19.5 Å². The molecular weight excluding hydrogens is 508 g/mol. The molecule has 2 aromatic heterocycles. The molecule has 0 bridgehead atoms. The van der Waals surface area contributed by atoms with Gasteiger partial charge >= 0.3 is 0 Å². The highest BCUT2D eigenvalue weighted by atomic mass is 79.9. The Morgan fingerprint density at radius 3 is 2.57 bits per heavy atom. The van der Waals surface area contributed by atoms with Gasteiger partial charge < -0.3 is 9.64 Å². The highest BCUT2D eigenvalue weighted by Crippen LogP contribution is 2.42. The first-order valence-corrected chi connectivity index (χ1v) is 12.7. The second-order valence-electron chi connectivity index (χ2n) is 9.32. The van der Waals surface area contributed by atoms with Gasteiger partial charge in [0.1, 0.15) is 5.75 Å². The van der Waals surface area contributed by atoms with Gasteiger partial charge in [0.05, 0.1) is 25.3 Å². The lowest BCUT2D eigenvalue weighted by Crippen LogP contribution is -2.50. The molecule has 182 valence electrons. The fraction of sp³-hybridized carbons (Fsp3) is 0.370. The topological polar surface area (TPSA) is 69.8 Å². The number of carbonyl (C=O) groups excluding carboxylic acids is 1. The van der Waals surface area contributed by atoms with Gasteiger partial charge in [0, 0.05) is 59.3 Å². The number of carbonyl (C=O) groups is 1. The van der Waals surface area contributed by atoms with Crippen LogP contribution in [0.4, 0.5) is 0 Å². The molecule has 1 aliphatic heterocycles. The monoisotopic (exact) mass is 537 g/mol. The maximum Gasteiger partial charge on any atom is 0.227 e. The van der Waals surface area contributed by atoms with Crippen LogP contribution < -0.4 is 9.47 Å². The molecule has 1 saturated heterocycles. The quantitative estimate of drug-likeness (QED) is 0.408. The van der Waals surface area contributed by atoms with Gasteiger partial charge in [-0.15, -0.1) is 0 Å². The molecule has 3 aromatic rings. The van der Waals surface area contributed by atoms with Crippen LogP contribution in [0.1, 0.15) is 39.6 Å². The van der Waals surface area contributed by atoms with E-state index in [-0.39, 0.29) is 11.9 Å². The average molecular weight is 538 g/mol. The molecule has 1 N–H and O–H groups in total. The van der Waals surface area contributed by atoms with Gasteiger partial charge in [-0.3, -0.25) is 19.9 Å². The van der Waals surface area contributed by atoms with E-state index in [2.05, 4.69) is 46.0 Å². The largest absolute Gasteiger partial charge is 0.496 e. The zero-order valence-electron chi connectivity index (χ0n) is 20.1. The smallest absolute Gasteiger partial charge is 0.227 e. The van der Waals surface area contributed by atoms with E-state index in [1.165, 1.54) is 22.3 Å². The highest BCUT2D eigenvalue weighted by molar-refractivity contribution is 9.10. The lowest BCUT2D eigenvalue weighted by atomic mass is 9.93. The Labute approximate surface area is 214 Å². The number of amides is 1. The van der Waals surface area contributed by atoms with Crippen molar-refractivity contribution in [3.8, 4) is 5.75 Å². The van der Waals surface area contributed by atoms with Gasteiger partial charge in [-0.05, 0) is 70.1 Å². The molecule has 1 aliphatic carbocycles. The van der Waals surface area contributed by atoms with Crippen LogP contribution in [0.5, 0.6) is 5.75 Å². The third-order valence-electron chi connectivity index (χ3n) is 7.03. The Balaban J connectivity index is 1.42. The molecule has 5 rings (SSSR count). The van der Waals surface area contributed by atoms with Crippen molar-refractivity contribution in [1.29, 1.82) is 0 Å². The first-order valence-electron chi connectivity index (χ1n) is 12.0. The molecule has 1 fully saturated rings. The highest BCUT2D eigenvalue weighted by Gasteiger charge is 2.35. The minimum Gasteiger partial charge on any atom is -0.496 e. The van der Waals surface area contributed by atoms with Crippen LogP contribution in [0.3, 0.4) is 0 Å². The molecule has 3 heterocycles. The van der Waals surface area contributed by atoms with E-state index in [1.54, 1.807) is 31.6 Å². The van der Waals surface area contributed by atoms with Gasteiger partial charge in [-0.2, -0.15) is 0 Å². The number of aryl methyl sites for hydroxylation is 3. The molecule has 7 nitrogen and oxygen atoms in total. The van der Waals surface area contributed by atoms with E-state index in [0.29, 0.717) is 19.5 Å². The number of methoxy groups -OCH3 is 1. The van der Waals surface area contributed by atoms with Crippen LogP contribution in [0.25, 0.3) is 0 Å². The van der Waals surface area contributed by atoms with Crippen LogP contribution in [0.15, 0.2) is 53.4 Å². The van der Waals surface area contributed by atoms with Crippen molar-refractivity contribution in [1.82, 2.24) is 14.8 Å². The summed E-state index contributed by atoms with van der Waals surface area (Å²) in [7, 11) is 1.74. The summed E-state index contributed by atoms with van der Waals surface area (Å²) in [5, 5.41) is 9.42. The van der Waals surface area contributed by atoms with E-state index >= 15 is 0 Å². The summed E-state index contributed by atoms with van der Waals surface area (Å²) in [5.41, 5.74) is 6.93. The van der Waals surface area contributed by atoms with Crippen LogP contribution in [-0.2, 0) is 24.1 Å². The summed E-state index contributed by atoms with van der Waals surface area (Å²) < 4.78 is 7.87.